The number of ether oxygens (including phenoxy) is 1. The van der Waals surface area contributed by atoms with Crippen molar-refractivity contribution in [1.82, 2.24) is 10.2 Å². The molecule has 0 bridgehead atoms. The first-order valence-corrected chi connectivity index (χ1v) is 13.1. The zero-order valence-corrected chi connectivity index (χ0v) is 23.2. The summed E-state index contributed by atoms with van der Waals surface area (Å²) >= 11 is 9.66. The molecule has 190 valence electrons. The second-order valence-electron chi connectivity index (χ2n) is 9.22. The van der Waals surface area contributed by atoms with Gasteiger partial charge in [-0.15, -0.1) is 0 Å². The van der Waals surface area contributed by atoms with Crippen molar-refractivity contribution in [2.75, 3.05) is 13.2 Å². The third-order valence-corrected chi connectivity index (χ3v) is 6.42. The first kappa shape index (κ1) is 27.8. The van der Waals surface area contributed by atoms with Crippen molar-refractivity contribution >= 4 is 39.3 Å². The number of amides is 2. The normalized spacial score (nSPS) is 11.7. The van der Waals surface area contributed by atoms with E-state index in [1.54, 1.807) is 23.1 Å². The fraction of sp³-hybridized carbons (Fsp3) is 0.310. The van der Waals surface area contributed by atoms with Crippen LogP contribution in [0.15, 0.2) is 77.3 Å². The number of hydrogen-bond acceptors (Lipinski definition) is 3. The van der Waals surface area contributed by atoms with Gasteiger partial charge in [0.1, 0.15) is 11.8 Å². The molecule has 0 radical (unpaired) electrons. The van der Waals surface area contributed by atoms with Gasteiger partial charge in [-0.2, -0.15) is 0 Å². The lowest BCUT2D eigenvalue weighted by atomic mass is 10.0. The molecule has 0 heterocycles. The molecular weight excluding hydrogens is 540 g/mol. The first-order chi connectivity index (χ1) is 17.2. The third-order valence-electron chi connectivity index (χ3n) is 5.64. The predicted octanol–water partition coefficient (Wildman–Crippen LogP) is 6.20. The fourth-order valence-electron chi connectivity index (χ4n) is 3.80. The van der Waals surface area contributed by atoms with Gasteiger partial charge in [-0.05, 0) is 42.2 Å². The summed E-state index contributed by atoms with van der Waals surface area (Å²) in [4.78, 5) is 28.7. The number of halogens is 2. The van der Waals surface area contributed by atoms with E-state index in [0.29, 0.717) is 23.7 Å². The molecule has 36 heavy (non-hydrogen) atoms. The SMILES string of the molecule is Cc1cccc(CN(C(=O)COc2ccc(Br)cc2Cl)[C@H](Cc2ccccc2)C(=O)NCC(C)C)c1. The van der Waals surface area contributed by atoms with E-state index in [0.717, 1.165) is 21.2 Å². The summed E-state index contributed by atoms with van der Waals surface area (Å²) < 4.78 is 6.62. The maximum absolute atomic E-state index is 13.6. The summed E-state index contributed by atoms with van der Waals surface area (Å²) in [7, 11) is 0. The van der Waals surface area contributed by atoms with Crippen molar-refractivity contribution in [2.45, 2.75) is 39.8 Å². The number of rotatable bonds is 11. The van der Waals surface area contributed by atoms with E-state index >= 15 is 0 Å². The maximum atomic E-state index is 13.6. The molecule has 0 aliphatic heterocycles. The molecule has 0 aliphatic rings. The molecule has 3 rings (SSSR count). The van der Waals surface area contributed by atoms with Crippen LogP contribution in [-0.4, -0.2) is 35.9 Å². The zero-order valence-electron chi connectivity index (χ0n) is 20.8. The average Bonchev–Trinajstić information content (AvgIpc) is 2.84. The van der Waals surface area contributed by atoms with Gasteiger partial charge in [0.05, 0.1) is 5.02 Å². The van der Waals surface area contributed by atoms with E-state index in [1.165, 1.54) is 0 Å². The molecule has 7 heteroatoms. The maximum Gasteiger partial charge on any atom is 0.261 e. The second-order valence-corrected chi connectivity index (χ2v) is 10.5. The summed E-state index contributed by atoms with van der Waals surface area (Å²) in [5.74, 6) is 0.217. The van der Waals surface area contributed by atoms with Crippen molar-refractivity contribution < 1.29 is 14.3 Å². The fourth-order valence-corrected chi connectivity index (χ4v) is 4.53. The largest absolute Gasteiger partial charge is 0.482 e. The van der Waals surface area contributed by atoms with Crippen molar-refractivity contribution in [3.63, 3.8) is 0 Å². The van der Waals surface area contributed by atoms with Gasteiger partial charge < -0.3 is 15.0 Å². The molecule has 5 nitrogen and oxygen atoms in total. The van der Waals surface area contributed by atoms with Crippen LogP contribution in [0.1, 0.15) is 30.5 Å². The van der Waals surface area contributed by atoms with Gasteiger partial charge in [0.2, 0.25) is 5.91 Å². The molecule has 1 atom stereocenters. The minimum Gasteiger partial charge on any atom is -0.482 e. The Labute approximate surface area is 226 Å². The molecule has 2 amide bonds. The van der Waals surface area contributed by atoms with E-state index in [2.05, 4.69) is 21.2 Å². The Bertz CT molecular complexity index is 1170. The van der Waals surface area contributed by atoms with E-state index in [1.807, 2.05) is 75.4 Å². The number of carbonyl (C=O) groups is 2. The molecule has 0 spiro atoms. The van der Waals surface area contributed by atoms with Gasteiger partial charge in [0.15, 0.2) is 6.61 Å². The van der Waals surface area contributed by atoms with Crippen LogP contribution in [-0.2, 0) is 22.6 Å². The molecule has 0 saturated heterocycles. The molecule has 3 aromatic rings. The number of benzene rings is 3. The Kier molecular flexibility index (Phi) is 10.4. The van der Waals surface area contributed by atoms with Crippen molar-refractivity contribution in [1.29, 1.82) is 0 Å². The average molecular weight is 572 g/mol. The highest BCUT2D eigenvalue weighted by Gasteiger charge is 2.31. The number of nitrogens with zero attached hydrogens (tertiary/aromatic N) is 1. The van der Waals surface area contributed by atoms with Crippen LogP contribution in [0.25, 0.3) is 0 Å². The molecule has 0 fully saturated rings. The zero-order chi connectivity index (χ0) is 26.1. The first-order valence-electron chi connectivity index (χ1n) is 12.0. The summed E-state index contributed by atoms with van der Waals surface area (Å²) in [6.07, 6.45) is 0.390. The predicted molar refractivity (Wildman–Crippen MR) is 148 cm³/mol. The third kappa shape index (κ3) is 8.38. The van der Waals surface area contributed by atoms with Crippen molar-refractivity contribution in [3.8, 4) is 5.75 Å². The molecule has 0 aliphatic carbocycles. The summed E-state index contributed by atoms with van der Waals surface area (Å²) in [6.45, 7) is 6.66. The molecule has 0 unspecified atom stereocenters. The Morgan fingerprint density at radius 2 is 1.72 bits per heavy atom. The van der Waals surface area contributed by atoms with Crippen molar-refractivity contribution in [3.05, 3.63) is 99.0 Å². The highest BCUT2D eigenvalue weighted by atomic mass is 79.9. The lowest BCUT2D eigenvalue weighted by Gasteiger charge is -2.32. The van der Waals surface area contributed by atoms with Gasteiger partial charge >= 0.3 is 0 Å². The van der Waals surface area contributed by atoms with Gasteiger partial charge in [-0.25, -0.2) is 0 Å². The van der Waals surface area contributed by atoms with Crippen LogP contribution in [0.5, 0.6) is 5.75 Å². The minimum atomic E-state index is -0.705. The van der Waals surface area contributed by atoms with Crippen LogP contribution in [0.4, 0.5) is 0 Å². The van der Waals surface area contributed by atoms with Crippen LogP contribution < -0.4 is 10.1 Å². The standard InChI is InChI=1S/C29H32BrClN2O3/c1-20(2)17-32-29(35)26(15-22-9-5-4-6-10-22)33(18-23-11-7-8-21(3)14-23)28(34)19-36-27-13-12-24(30)16-25(27)31/h4-14,16,20,26H,15,17-19H2,1-3H3,(H,32,35)/t26-/m1/s1. The van der Waals surface area contributed by atoms with Gasteiger partial charge in [0, 0.05) is 24.0 Å². The number of nitrogens with one attached hydrogen (secondary N) is 1. The smallest absolute Gasteiger partial charge is 0.261 e. The summed E-state index contributed by atoms with van der Waals surface area (Å²) in [5, 5.41) is 3.42. The molecule has 1 N–H and O–H groups in total. The van der Waals surface area contributed by atoms with Crippen LogP contribution >= 0.6 is 27.5 Å². The minimum absolute atomic E-state index is 0.185. The van der Waals surface area contributed by atoms with Gasteiger partial charge in [0.25, 0.3) is 5.91 Å². The van der Waals surface area contributed by atoms with E-state index in [9.17, 15) is 9.59 Å². The Hall–Kier alpha value is -2.83. The topological polar surface area (TPSA) is 58.6 Å². The summed E-state index contributed by atoms with van der Waals surface area (Å²) in [6, 6.07) is 22.2. The quantitative estimate of drug-likeness (QED) is 0.298. The van der Waals surface area contributed by atoms with E-state index < -0.39 is 6.04 Å². The highest BCUT2D eigenvalue weighted by Crippen LogP contribution is 2.28. The Morgan fingerprint density at radius 3 is 2.39 bits per heavy atom. The summed E-state index contributed by atoms with van der Waals surface area (Å²) in [5.41, 5.74) is 3.00. The number of carbonyl (C=O) groups excluding carboxylic acids is 2. The van der Waals surface area contributed by atoms with Crippen molar-refractivity contribution in [2.24, 2.45) is 5.92 Å². The van der Waals surface area contributed by atoms with Gasteiger partial charge in [-0.1, -0.05) is 102 Å². The van der Waals surface area contributed by atoms with E-state index in [-0.39, 0.29) is 30.9 Å². The molecule has 0 aromatic heterocycles. The second kappa shape index (κ2) is 13.5. The highest BCUT2D eigenvalue weighted by molar-refractivity contribution is 9.10. The molecule has 3 aromatic carbocycles. The Balaban J connectivity index is 1.91. The van der Waals surface area contributed by atoms with Gasteiger partial charge in [-0.3, -0.25) is 9.59 Å². The van der Waals surface area contributed by atoms with E-state index in [4.69, 9.17) is 16.3 Å². The molecule has 0 saturated carbocycles. The van der Waals surface area contributed by atoms with Crippen LogP contribution in [0.3, 0.4) is 0 Å². The number of aryl methyl sites for hydroxylation is 1. The number of hydrogen-bond donors (Lipinski definition) is 1. The van der Waals surface area contributed by atoms with Crippen LogP contribution in [0.2, 0.25) is 5.02 Å². The van der Waals surface area contributed by atoms with Crippen LogP contribution in [0, 0.1) is 12.8 Å². The lowest BCUT2D eigenvalue weighted by Crippen LogP contribution is -2.52. The Morgan fingerprint density at radius 1 is 1.00 bits per heavy atom. The lowest BCUT2D eigenvalue weighted by molar-refractivity contribution is -0.142. The molecular formula is C29H32BrClN2O3. The monoisotopic (exact) mass is 570 g/mol.